The smallest absolute Gasteiger partial charge is 0.00161 e. The third kappa shape index (κ3) is 3.76. The first-order chi connectivity index (χ1) is 6.45. The molecule has 0 aliphatic carbocycles. The Morgan fingerprint density at radius 2 is 1.71 bits per heavy atom. The van der Waals surface area contributed by atoms with Crippen molar-refractivity contribution in [3.05, 3.63) is 0 Å². The van der Waals surface area contributed by atoms with E-state index in [1.807, 2.05) is 0 Å². The van der Waals surface area contributed by atoms with Crippen molar-refractivity contribution in [3.8, 4) is 0 Å². The second kappa shape index (κ2) is 6.65. The summed E-state index contributed by atoms with van der Waals surface area (Å²) in [7, 11) is 0. The first kappa shape index (κ1) is 12.3. The molecule has 2 rings (SSSR count). The quantitative estimate of drug-likeness (QED) is 0.779. The number of hydrogen-bond acceptors (Lipinski definition) is 2. The van der Waals surface area contributed by atoms with Crippen molar-refractivity contribution in [2.45, 2.75) is 32.1 Å². The van der Waals surface area contributed by atoms with Gasteiger partial charge in [0.15, 0.2) is 0 Å². The molecule has 0 radical (unpaired) electrons. The van der Waals surface area contributed by atoms with Gasteiger partial charge in [-0.05, 0) is 70.7 Å². The predicted molar refractivity (Wildman–Crippen MR) is 63.1 cm³/mol. The van der Waals surface area contributed by atoms with E-state index in [1.165, 1.54) is 64.8 Å². The summed E-state index contributed by atoms with van der Waals surface area (Å²) in [6, 6.07) is 0. The van der Waals surface area contributed by atoms with Gasteiger partial charge in [-0.15, -0.1) is 12.4 Å². The molecule has 0 amide bonds. The van der Waals surface area contributed by atoms with E-state index in [4.69, 9.17) is 0 Å². The summed E-state index contributed by atoms with van der Waals surface area (Å²) in [6.45, 7) is 6.61. The van der Waals surface area contributed by atoms with Gasteiger partial charge in [0.25, 0.3) is 0 Å². The second-order valence-corrected chi connectivity index (χ2v) is 4.53. The molecule has 2 heterocycles. The van der Waals surface area contributed by atoms with Crippen LogP contribution in [0.2, 0.25) is 0 Å². The molecule has 2 aliphatic heterocycles. The van der Waals surface area contributed by atoms with Crippen molar-refractivity contribution in [1.82, 2.24) is 10.2 Å². The van der Waals surface area contributed by atoms with Gasteiger partial charge in [-0.2, -0.15) is 0 Å². The molecule has 0 bridgehead atoms. The number of nitrogens with one attached hydrogen (secondary N) is 1. The summed E-state index contributed by atoms with van der Waals surface area (Å²) < 4.78 is 0. The van der Waals surface area contributed by atoms with Crippen LogP contribution >= 0.6 is 12.4 Å². The SMILES string of the molecule is C1CCN(CCC2CCNCC2)C1.Cl. The first-order valence-corrected chi connectivity index (χ1v) is 5.88. The van der Waals surface area contributed by atoms with Crippen LogP contribution in [0.1, 0.15) is 32.1 Å². The lowest BCUT2D eigenvalue weighted by Crippen LogP contribution is -2.30. The van der Waals surface area contributed by atoms with Crippen molar-refractivity contribution in [2.75, 3.05) is 32.7 Å². The average Bonchev–Trinajstić information content (AvgIpc) is 2.69. The molecule has 0 saturated carbocycles. The number of hydrogen-bond donors (Lipinski definition) is 1. The molecule has 1 N–H and O–H groups in total. The van der Waals surface area contributed by atoms with Gasteiger partial charge < -0.3 is 10.2 Å². The van der Waals surface area contributed by atoms with E-state index in [0.717, 1.165) is 5.92 Å². The van der Waals surface area contributed by atoms with Crippen LogP contribution in [0.3, 0.4) is 0 Å². The highest BCUT2D eigenvalue weighted by molar-refractivity contribution is 5.85. The molecule has 0 aromatic carbocycles. The minimum absolute atomic E-state index is 0. The van der Waals surface area contributed by atoms with E-state index in [1.54, 1.807) is 0 Å². The molecule has 2 nitrogen and oxygen atoms in total. The topological polar surface area (TPSA) is 15.3 Å². The standard InChI is InChI=1S/C11H22N2.ClH/c1-2-9-13(8-1)10-5-11-3-6-12-7-4-11;/h11-12H,1-10H2;1H. The average molecular weight is 219 g/mol. The molecule has 0 spiro atoms. The minimum Gasteiger partial charge on any atom is -0.317 e. The minimum atomic E-state index is 0. The molecule has 0 unspecified atom stereocenters. The largest absolute Gasteiger partial charge is 0.317 e. The Morgan fingerprint density at radius 3 is 2.36 bits per heavy atom. The Balaban J connectivity index is 0.000000980. The Morgan fingerprint density at radius 1 is 1.07 bits per heavy atom. The fourth-order valence-electron chi connectivity index (χ4n) is 2.54. The van der Waals surface area contributed by atoms with Crippen molar-refractivity contribution in [3.63, 3.8) is 0 Å². The molecular weight excluding hydrogens is 196 g/mol. The van der Waals surface area contributed by atoms with E-state index in [9.17, 15) is 0 Å². The Hall–Kier alpha value is 0.210. The van der Waals surface area contributed by atoms with Gasteiger partial charge in [-0.3, -0.25) is 0 Å². The van der Waals surface area contributed by atoms with Gasteiger partial charge in [0.2, 0.25) is 0 Å². The fourth-order valence-corrected chi connectivity index (χ4v) is 2.54. The number of piperidine rings is 1. The summed E-state index contributed by atoms with van der Waals surface area (Å²) in [5.74, 6) is 1.02. The Labute approximate surface area is 93.8 Å². The zero-order valence-corrected chi connectivity index (χ0v) is 9.82. The van der Waals surface area contributed by atoms with E-state index >= 15 is 0 Å². The molecule has 0 atom stereocenters. The second-order valence-electron chi connectivity index (χ2n) is 4.53. The summed E-state index contributed by atoms with van der Waals surface area (Å²) in [5, 5.41) is 3.43. The molecule has 14 heavy (non-hydrogen) atoms. The summed E-state index contributed by atoms with van der Waals surface area (Å²) >= 11 is 0. The monoisotopic (exact) mass is 218 g/mol. The van der Waals surface area contributed by atoms with Gasteiger partial charge >= 0.3 is 0 Å². The highest BCUT2D eigenvalue weighted by Crippen LogP contribution is 2.17. The molecule has 2 aliphatic rings. The molecule has 0 aromatic rings. The lowest BCUT2D eigenvalue weighted by molar-refractivity contribution is 0.272. The number of halogens is 1. The van der Waals surface area contributed by atoms with E-state index in [0.29, 0.717) is 0 Å². The van der Waals surface area contributed by atoms with Crippen LogP contribution in [0.4, 0.5) is 0 Å². The summed E-state index contributed by atoms with van der Waals surface area (Å²) in [6.07, 6.45) is 7.14. The van der Waals surface area contributed by atoms with Crippen LogP contribution in [0.5, 0.6) is 0 Å². The lowest BCUT2D eigenvalue weighted by Gasteiger charge is -2.24. The third-order valence-corrected chi connectivity index (χ3v) is 3.51. The van der Waals surface area contributed by atoms with Crippen molar-refractivity contribution in [2.24, 2.45) is 5.92 Å². The third-order valence-electron chi connectivity index (χ3n) is 3.51. The maximum absolute atomic E-state index is 3.43. The molecule has 84 valence electrons. The molecule has 3 heteroatoms. The van der Waals surface area contributed by atoms with Crippen LogP contribution in [0, 0.1) is 5.92 Å². The highest BCUT2D eigenvalue weighted by atomic mass is 35.5. The highest BCUT2D eigenvalue weighted by Gasteiger charge is 2.16. The van der Waals surface area contributed by atoms with Gasteiger partial charge in [0.1, 0.15) is 0 Å². The normalized spacial score (nSPS) is 24.9. The van der Waals surface area contributed by atoms with E-state index in [-0.39, 0.29) is 12.4 Å². The molecule has 0 aromatic heterocycles. The van der Waals surface area contributed by atoms with Crippen LogP contribution in [-0.4, -0.2) is 37.6 Å². The Bertz CT molecular complexity index is 140. The lowest BCUT2D eigenvalue weighted by atomic mass is 9.94. The van der Waals surface area contributed by atoms with Crippen LogP contribution in [0.15, 0.2) is 0 Å². The van der Waals surface area contributed by atoms with Gasteiger partial charge in [0.05, 0.1) is 0 Å². The predicted octanol–water partition coefficient (Wildman–Crippen LogP) is 1.89. The molecular formula is C11H23ClN2. The summed E-state index contributed by atoms with van der Waals surface area (Å²) in [5.41, 5.74) is 0. The number of rotatable bonds is 3. The maximum Gasteiger partial charge on any atom is -0.00161 e. The van der Waals surface area contributed by atoms with Gasteiger partial charge in [0, 0.05) is 0 Å². The van der Waals surface area contributed by atoms with Crippen molar-refractivity contribution < 1.29 is 0 Å². The summed E-state index contributed by atoms with van der Waals surface area (Å²) in [4.78, 5) is 2.64. The Kier molecular flexibility index (Phi) is 5.83. The number of likely N-dealkylation sites (tertiary alicyclic amines) is 1. The fraction of sp³-hybridized carbons (Fsp3) is 1.00. The van der Waals surface area contributed by atoms with Gasteiger partial charge in [-0.1, -0.05) is 0 Å². The van der Waals surface area contributed by atoms with Crippen LogP contribution < -0.4 is 5.32 Å². The van der Waals surface area contributed by atoms with Crippen LogP contribution in [0.25, 0.3) is 0 Å². The van der Waals surface area contributed by atoms with Gasteiger partial charge in [-0.25, -0.2) is 0 Å². The van der Waals surface area contributed by atoms with Crippen molar-refractivity contribution >= 4 is 12.4 Å². The first-order valence-electron chi connectivity index (χ1n) is 5.88. The van der Waals surface area contributed by atoms with E-state index in [2.05, 4.69) is 10.2 Å². The van der Waals surface area contributed by atoms with Crippen molar-refractivity contribution in [1.29, 1.82) is 0 Å². The maximum atomic E-state index is 3.43. The zero-order chi connectivity index (χ0) is 8.93. The molecule has 2 saturated heterocycles. The molecule has 2 fully saturated rings. The van der Waals surface area contributed by atoms with Crippen LogP contribution in [-0.2, 0) is 0 Å². The zero-order valence-electron chi connectivity index (χ0n) is 9.00. The number of nitrogens with zero attached hydrogens (tertiary/aromatic N) is 1. The van der Waals surface area contributed by atoms with E-state index < -0.39 is 0 Å².